The number of hydrogen-bond acceptors (Lipinski definition) is 11. The van der Waals surface area contributed by atoms with Crippen LogP contribution in [0.5, 0.6) is 0 Å². The molecule has 2 aromatic heterocycles. The zero-order valence-electron chi connectivity index (χ0n) is 41.5. The first-order valence-corrected chi connectivity index (χ1v) is 26.6. The van der Waals surface area contributed by atoms with Gasteiger partial charge < -0.3 is 26.5 Å². The molecule has 71 heavy (non-hydrogen) atoms. The third-order valence-corrected chi connectivity index (χ3v) is 18.1. The molecular weight excluding hydrogens is 908 g/mol. The van der Waals surface area contributed by atoms with E-state index >= 15 is 0 Å². The molecule has 4 unspecified atom stereocenters. The Morgan fingerprint density at radius 3 is 1.31 bits per heavy atom. The Hall–Kier alpha value is -3.54. The second-order valence-corrected chi connectivity index (χ2v) is 22.1. The molecule has 2 aromatic carbocycles. The van der Waals surface area contributed by atoms with Gasteiger partial charge in [0.1, 0.15) is 0 Å². The molecule has 8 aliphatic rings. The molecule has 8 fully saturated rings. The second-order valence-electron chi connectivity index (χ2n) is 22.1. The van der Waals surface area contributed by atoms with Crippen LogP contribution in [-0.4, -0.2) is 94.0 Å². The summed E-state index contributed by atoms with van der Waals surface area (Å²) in [5.74, 6) is 6.14. The van der Waals surface area contributed by atoms with Crippen LogP contribution in [0.4, 0.5) is 0 Å². The van der Waals surface area contributed by atoms with Crippen molar-refractivity contribution in [1.29, 1.82) is 0 Å². The van der Waals surface area contributed by atoms with Crippen LogP contribution in [0.3, 0.4) is 0 Å². The summed E-state index contributed by atoms with van der Waals surface area (Å²) in [6, 6.07) is 17.7. The van der Waals surface area contributed by atoms with Crippen molar-refractivity contribution in [2.45, 2.75) is 204 Å². The molecule has 12 rings (SSSR count). The number of nitrogens with two attached hydrogens (primary N) is 1. The predicted octanol–water partition coefficient (Wildman–Crippen LogP) is 6.98. The number of hydrogen-bond donors (Lipinski definition) is 3. The molecule has 4 N–H and O–H groups in total. The van der Waals surface area contributed by atoms with Gasteiger partial charge in [0.15, 0.2) is 0 Å². The predicted molar refractivity (Wildman–Crippen MR) is 271 cm³/mol. The zero-order valence-corrected chi connectivity index (χ0v) is 43.5. The number of fused-ring (bicyclic) bond motifs is 10. The van der Waals surface area contributed by atoms with Crippen LogP contribution in [0, 0.1) is 23.7 Å². The van der Waals surface area contributed by atoms with Crippen molar-refractivity contribution in [3.05, 3.63) is 86.5 Å². The number of piperidine rings is 4. The monoisotopic (exact) mass is 985 g/mol. The van der Waals surface area contributed by atoms with E-state index in [1.165, 1.54) is 107 Å². The first-order valence-electron chi connectivity index (χ1n) is 26.6. The van der Waals surface area contributed by atoms with Crippen LogP contribution >= 0.6 is 0 Å². The van der Waals surface area contributed by atoms with Crippen molar-refractivity contribution in [2.75, 3.05) is 6.61 Å². The van der Waals surface area contributed by atoms with Crippen LogP contribution in [0.25, 0.3) is 27.4 Å². The Morgan fingerprint density at radius 1 is 0.577 bits per heavy atom. The summed E-state index contributed by atoms with van der Waals surface area (Å²) in [7, 11) is 0. The summed E-state index contributed by atoms with van der Waals surface area (Å²) in [5, 5.41) is 18.0. The number of para-hydroxylation sites is 2. The molecular formula is C55H77N8NaO7. The average Bonchev–Trinajstić information content (AvgIpc) is 3.33. The molecule has 380 valence electrons. The third-order valence-electron chi connectivity index (χ3n) is 18.1. The number of aromatic nitrogens is 4. The van der Waals surface area contributed by atoms with E-state index in [1.54, 1.807) is 35.8 Å². The molecule has 4 saturated carbocycles. The number of carboxylic acid groups (broad SMARTS) is 1. The van der Waals surface area contributed by atoms with Crippen molar-refractivity contribution in [3.63, 3.8) is 0 Å². The molecule has 15 nitrogen and oxygen atoms in total. The van der Waals surface area contributed by atoms with Crippen molar-refractivity contribution in [3.8, 4) is 0 Å². The van der Waals surface area contributed by atoms with Crippen LogP contribution < -0.4 is 46.5 Å². The fourth-order valence-corrected chi connectivity index (χ4v) is 15.7. The number of carbonyl (C=O) groups excluding carboxylic acids is 1. The van der Waals surface area contributed by atoms with Crippen LogP contribution in [0.2, 0.25) is 0 Å². The number of ether oxygens (including phenoxy) is 1. The number of rotatable bonds is 7. The number of esters is 1. The van der Waals surface area contributed by atoms with E-state index in [-0.39, 0.29) is 78.4 Å². The number of aromatic carboxylic acids is 1. The fourth-order valence-electron chi connectivity index (χ4n) is 15.7. The van der Waals surface area contributed by atoms with Gasteiger partial charge in [-0.1, -0.05) is 83.1 Å². The molecule has 12 atom stereocenters. The quantitative estimate of drug-likeness (QED) is 0.0744. The first kappa shape index (κ1) is 53.7. The largest absolute Gasteiger partial charge is 1.00 e. The average molecular weight is 985 g/mol. The fraction of sp³-hybridized carbons (Fsp3) is 0.673. The topological polar surface area (TPSA) is 200 Å². The van der Waals surface area contributed by atoms with Crippen LogP contribution in [0.15, 0.2) is 58.1 Å². The maximum Gasteiger partial charge on any atom is 1.00 e. The van der Waals surface area contributed by atoms with Gasteiger partial charge >= 0.3 is 41.5 Å². The van der Waals surface area contributed by atoms with Gasteiger partial charge in [-0.25, -0.2) is 19.6 Å². The number of benzene rings is 2. The van der Waals surface area contributed by atoms with E-state index < -0.39 is 11.9 Å². The third kappa shape index (κ3) is 11.1. The van der Waals surface area contributed by atoms with Crippen molar-refractivity contribution in [2.24, 2.45) is 29.5 Å². The van der Waals surface area contributed by atoms with Crippen LogP contribution in [-0.2, 0) is 4.74 Å². The smallest absolute Gasteiger partial charge is 0.488 e. The minimum Gasteiger partial charge on any atom is -0.488 e. The molecule has 6 heterocycles. The molecule has 8 bridgehead atoms. The molecule has 4 saturated heterocycles. The molecule has 0 spiro atoms. The zero-order chi connectivity index (χ0) is 47.8. The number of nitrogens with zero attached hydrogens (tertiary/aromatic N) is 7. The van der Waals surface area contributed by atoms with E-state index in [2.05, 4.69) is 25.6 Å². The first-order chi connectivity index (χ1) is 33.6. The Balaban J connectivity index is 0.000000176. The molecule has 0 amide bonds. The number of carboxylic acids is 1. The molecule has 16 heteroatoms. The Morgan fingerprint density at radius 2 is 0.930 bits per heavy atom. The van der Waals surface area contributed by atoms with Gasteiger partial charge in [-0.15, -0.1) is 0 Å². The van der Waals surface area contributed by atoms with Crippen molar-refractivity contribution < 1.29 is 54.2 Å². The summed E-state index contributed by atoms with van der Waals surface area (Å²) in [6.45, 7) is 2.07. The van der Waals surface area contributed by atoms with Gasteiger partial charge in [-0.3, -0.25) is 28.5 Å². The Labute approximate surface area is 440 Å². The second kappa shape index (κ2) is 23.8. The van der Waals surface area contributed by atoms with Gasteiger partial charge in [0.05, 0.1) is 28.4 Å². The van der Waals surface area contributed by atoms with Crippen molar-refractivity contribution in [1.82, 2.24) is 28.9 Å². The van der Waals surface area contributed by atoms with Gasteiger partial charge in [0, 0.05) is 48.3 Å². The maximum absolute atomic E-state index is 13.7. The molecule has 4 aromatic rings. The van der Waals surface area contributed by atoms with Crippen molar-refractivity contribution >= 4 is 33.7 Å². The van der Waals surface area contributed by atoms with E-state index in [0.717, 1.165) is 62.2 Å². The van der Waals surface area contributed by atoms with E-state index in [4.69, 9.17) is 9.94 Å². The minimum absolute atomic E-state index is 0. The van der Waals surface area contributed by atoms with Gasteiger partial charge in [0.25, 0.3) is 11.1 Å². The number of carbonyl (C=O) groups is 2. The van der Waals surface area contributed by atoms with Gasteiger partial charge in [-0.05, 0) is 145 Å². The summed E-state index contributed by atoms with van der Waals surface area (Å²) in [6.07, 6.45) is 27.6. The molecule has 0 radical (unpaired) electrons. The summed E-state index contributed by atoms with van der Waals surface area (Å²) < 4.78 is 8.58. The Kier molecular flexibility index (Phi) is 18.0. The van der Waals surface area contributed by atoms with E-state index in [0.29, 0.717) is 58.1 Å². The molecule has 4 aliphatic carbocycles. The maximum atomic E-state index is 13.7. The standard InChI is InChI=1S/C28H37N3O3.C26H33N3O3.CH4.H3N2O.Na/c1-2-34-28(33)26-29-25-12-4-3-11-24(25)27(32)31(26)23-16-20-9-6-10-21(17-23)30(20)22-14-18-7-5-8-19(13-18)15-22;30-25-22-9-1-2-10-23(22)27-24(26(31)32)29(25)21-14-18-7-4-8-19(15-21)28(18)20-12-16-5-3-6-17(11-16)13-20;;1-2-3;/h3-4,11-12,18-23H,2,5-10,13-17H2,1H3;1-2,9-10,16-21H,3-8,11-15H2,(H,31,32);1H4;3H,1H2;/q;;;-1;+1/t18-,19+,20-,21+,22?,23?;16-,17+,18-,19+,20?,21?;;;. The summed E-state index contributed by atoms with van der Waals surface area (Å²) >= 11 is 0. The van der Waals surface area contributed by atoms with E-state index in [9.17, 15) is 24.3 Å². The van der Waals surface area contributed by atoms with Crippen LogP contribution in [0.1, 0.15) is 189 Å². The Bertz CT molecular complexity index is 2560. The van der Waals surface area contributed by atoms with E-state index in [1.807, 2.05) is 29.9 Å². The van der Waals surface area contributed by atoms with Gasteiger partial charge in [0.2, 0.25) is 11.6 Å². The molecule has 4 aliphatic heterocycles. The summed E-state index contributed by atoms with van der Waals surface area (Å²) in [5.41, 5.74) is 2.74. The normalized spacial score (nSPS) is 32.1. The van der Waals surface area contributed by atoms with Gasteiger partial charge in [-0.2, -0.15) is 0 Å². The SMILES string of the molecule is C.CCOC(=O)c1nc2ccccc2c(=O)n1C1C[C@H]2CCC[C@@H](C1)N2C1C[C@H]2CCC[C@@H](C1)C2.N[N-]O.O=C(O)c1nc2ccccc2c(=O)n1C1C[C@H]2CCC[C@@H](C1)N2C1C[C@H]2CCC[C@@H](C1)C2.[Na+]. The summed E-state index contributed by atoms with van der Waals surface area (Å²) in [4.78, 5) is 66.9. The minimum atomic E-state index is -1.11.